The summed E-state index contributed by atoms with van der Waals surface area (Å²) < 4.78 is 10.6. The predicted molar refractivity (Wildman–Crippen MR) is 263 cm³/mol. The first-order chi connectivity index (χ1) is 31.7. The van der Waals surface area contributed by atoms with E-state index in [4.69, 9.17) is 21.4 Å². The second-order valence-electron chi connectivity index (χ2n) is 16.2. The first-order valence-electron chi connectivity index (χ1n) is 22.1. The van der Waals surface area contributed by atoms with Gasteiger partial charge in [-0.2, -0.15) is 0 Å². The van der Waals surface area contributed by atoms with Gasteiger partial charge in [0.25, 0.3) is 0 Å². The molecular formula is C48H59ClN6O9S2. The van der Waals surface area contributed by atoms with Crippen LogP contribution < -0.4 is 26.4 Å². The maximum absolute atomic E-state index is 12.8. The quantitative estimate of drug-likeness (QED) is 0.0346. The molecule has 15 nitrogen and oxygen atoms in total. The van der Waals surface area contributed by atoms with Crippen LogP contribution in [0.4, 0.5) is 11.4 Å². The summed E-state index contributed by atoms with van der Waals surface area (Å²) in [6.07, 6.45) is 6.97. The number of carbonyl (C=O) groups excluding carboxylic acids is 3. The van der Waals surface area contributed by atoms with E-state index < -0.39 is 24.6 Å². The molecule has 1 atom stereocenters. The molecule has 1 aliphatic rings. The summed E-state index contributed by atoms with van der Waals surface area (Å²) in [5.74, 6) is -1.72. The van der Waals surface area contributed by atoms with E-state index in [1.54, 1.807) is 26.0 Å². The van der Waals surface area contributed by atoms with Gasteiger partial charge in [0.05, 0.1) is 22.0 Å². The number of halogens is 1. The van der Waals surface area contributed by atoms with Gasteiger partial charge in [-0.15, -0.1) is 11.3 Å². The molecule has 6 rings (SSSR count). The van der Waals surface area contributed by atoms with Crippen LogP contribution in [-0.4, -0.2) is 86.5 Å². The molecule has 5 N–H and O–H groups in total. The number of ether oxygens (including phenoxy) is 1. The Morgan fingerprint density at radius 1 is 0.955 bits per heavy atom. The number of anilines is 2. The number of carboxylic acids is 2. The number of rotatable bonds is 21. The number of carbonyl (C=O) groups is 5. The lowest BCUT2D eigenvalue weighted by Crippen LogP contribution is -2.35. The summed E-state index contributed by atoms with van der Waals surface area (Å²) in [6.45, 7) is 7.36. The lowest BCUT2D eigenvalue weighted by atomic mass is 9.97. The van der Waals surface area contributed by atoms with Crippen molar-refractivity contribution in [3.8, 4) is 16.2 Å². The number of benzene rings is 3. The van der Waals surface area contributed by atoms with Crippen molar-refractivity contribution in [2.45, 2.75) is 90.0 Å². The van der Waals surface area contributed by atoms with Crippen LogP contribution in [0.5, 0.6) is 5.75 Å². The smallest absolute Gasteiger partial charge is 0.349 e. The Morgan fingerprint density at radius 3 is 2.30 bits per heavy atom. The first kappa shape index (κ1) is 51.4. The third kappa shape index (κ3) is 13.7. The van der Waals surface area contributed by atoms with Gasteiger partial charge < -0.3 is 35.7 Å². The lowest BCUT2D eigenvalue weighted by Gasteiger charge is -2.32. The van der Waals surface area contributed by atoms with Crippen LogP contribution in [0.3, 0.4) is 0 Å². The first-order valence-corrected chi connectivity index (χ1v) is 24.2. The summed E-state index contributed by atoms with van der Waals surface area (Å²) in [5.41, 5.74) is 5.94. The normalized spacial score (nSPS) is 13.4. The van der Waals surface area contributed by atoms with Gasteiger partial charge in [0.1, 0.15) is 11.3 Å². The fourth-order valence-corrected chi connectivity index (χ4v) is 10.2. The number of carboxylic acid groups (broad SMARTS) is 2. The zero-order chi connectivity index (χ0) is 47.9. The predicted octanol–water partition coefficient (Wildman–Crippen LogP) is 9.02. The molecule has 0 bridgehead atoms. The monoisotopic (exact) mass is 962 g/mol. The standard InChI is InChI=1S/C33H40ClN3O6S2.C15H19N3O3/c1-3-7-22(8-4-2)32(40)36-25-11-5-9-21(17-25)20-44-37-15-13-24(14-16-37)35-26-12-6-10-23(18-26)30-28(34)29(43-19-27(38)39)31(45-30)33(41)42;1-10-4-6-12-13(8-10)17(3)15(21)18(12)11(9-19)5-7-14(20)16-2/h5-6,9-12,17-18,22,24,35H,3-4,7-8,13-16,19-20H2,1-2H3,(H,36,40)(H,38,39)(H,41,42);4,6,8-9,11H,5,7H2,1-3H3,(H,16,20). The van der Waals surface area contributed by atoms with Crippen molar-refractivity contribution in [2.24, 2.45) is 13.0 Å². The molecular weight excluding hydrogens is 904 g/mol. The molecule has 18 heteroatoms. The molecule has 1 unspecified atom stereocenters. The molecule has 3 aromatic carbocycles. The molecule has 0 aliphatic carbocycles. The zero-order valence-corrected chi connectivity index (χ0v) is 40.3. The zero-order valence-electron chi connectivity index (χ0n) is 37.9. The van der Waals surface area contributed by atoms with Gasteiger partial charge in [0.2, 0.25) is 11.8 Å². The van der Waals surface area contributed by atoms with Crippen LogP contribution in [-0.2, 0) is 32.0 Å². The molecule has 2 aromatic heterocycles. The Kier molecular flexibility index (Phi) is 19.3. The Bertz CT molecular complexity index is 2540. The van der Waals surface area contributed by atoms with Crippen LogP contribution in [0.25, 0.3) is 21.5 Å². The summed E-state index contributed by atoms with van der Waals surface area (Å²) in [5, 5.41) is 27.9. The molecule has 0 radical (unpaired) electrons. The number of thiophene rings is 1. The molecule has 66 heavy (non-hydrogen) atoms. The number of aromatic nitrogens is 2. The van der Waals surface area contributed by atoms with E-state index in [1.165, 1.54) is 14.7 Å². The molecule has 0 spiro atoms. The fraction of sp³-hybridized carbons (Fsp3) is 0.417. The average Bonchev–Trinajstić information content (AvgIpc) is 3.77. The molecule has 3 heterocycles. The number of nitrogens with one attached hydrogen (secondary N) is 3. The highest BCUT2D eigenvalue weighted by molar-refractivity contribution is 7.96. The Hall–Kier alpha value is -5.62. The summed E-state index contributed by atoms with van der Waals surface area (Å²) in [7, 11) is 3.23. The largest absolute Gasteiger partial charge is 0.479 e. The van der Waals surface area contributed by atoms with Crippen LogP contribution in [0, 0.1) is 12.8 Å². The minimum Gasteiger partial charge on any atom is -0.479 e. The Morgan fingerprint density at radius 2 is 1.65 bits per heavy atom. The fourth-order valence-electron chi connectivity index (χ4n) is 7.81. The molecule has 354 valence electrons. The van der Waals surface area contributed by atoms with Gasteiger partial charge in [0.15, 0.2) is 17.2 Å². The van der Waals surface area contributed by atoms with E-state index in [1.807, 2.05) is 61.5 Å². The average molecular weight is 964 g/mol. The van der Waals surface area contributed by atoms with Gasteiger partial charge in [0, 0.05) is 62.7 Å². The van der Waals surface area contributed by atoms with Crippen molar-refractivity contribution in [3.63, 3.8) is 0 Å². The van der Waals surface area contributed by atoms with Gasteiger partial charge in [-0.25, -0.2) is 14.4 Å². The van der Waals surface area contributed by atoms with Crippen molar-refractivity contribution >= 4 is 87.3 Å². The number of aldehydes is 1. The molecule has 5 aromatic rings. The lowest BCUT2D eigenvalue weighted by molar-refractivity contribution is -0.139. The van der Waals surface area contributed by atoms with E-state index in [-0.39, 0.29) is 51.5 Å². The second-order valence-corrected chi connectivity index (χ2v) is 18.6. The number of aryl methyl sites for hydroxylation is 2. The van der Waals surface area contributed by atoms with Crippen LogP contribution in [0.1, 0.15) is 92.1 Å². The van der Waals surface area contributed by atoms with Gasteiger partial charge in [-0.1, -0.05) is 80.6 Å². The van der Waals surface area contributed by atoms with Gasteiger partial charge >= 0.3 is 17.6 Å². The molecule has 2 amide bonds. The number of piperidine rings is 1. The Labute approximate surface area is 398 Å². The Balaban J connectivity index is 0.000000324. The van der Waals surface area contributed by atoms with Crippen LogP contribution in [0.2, 0.25) is 5.02 Å². The molecule has 1 fully saturated rings. The number of aromatic carboxylic acids is 1. The maximum Gasteiger partial charge on any atom is 0.349 e. The van der Waals surface area contributed by atoms with Crippen molar-refractivity contribution < 1.29 is 38.9 Å². The topological polar surface area (TPSA) is 201 Å². The highest BCUT2D eigenvalue weighted by Gasteiger charge is 2.26. The number of amides is 2. The van der Waals surface area contributed by atoms with Crippen molar-refractivity contribution in [3.05, 3.63) is 98.2 Å². The maximum atomic E-state index is 12.8. The second kappa shape index (κ2) is 24.8. The van der Waals surface area contributed by atoms with Crippen LogP contribution >= 0.6 is 34.9 Å². The van der Waals surface area contributed by atoms with Crippen LogP contribution in [0.15, 0.2) is 71.5 Å². The van der Waals surface area contributed by atoms with Crippen molar-refractivity contribution in [1.82, 2.24) is 18.8 Å². The number of imidazole rings is 1. The SMILES string of the molecule is CCCC(CCC)C(=O)Nc1cccc(CSN2CCC(Nc3cccc(-c4sc(C(=O)O)c(OCC(=O)O)c4Cl)c3)CC2)c1.CNC(=O)CCC(C=O)n1c(=O)n(C)c2cc(C)ccc21. The highest BCUT2D eigenvalue weighted by Crippen LogP contribution is 2.46. The van der Waals surface area contributed by atoms with E-state index in [0.29, 0.717) is 16.8 Å². The van der Waals surface area contributed by atoms with E-state index in [0.717, 1.165) is 103 Å². The summed E-state index contributed by atoms with van der Waals surface area (Å²) in [4.78, 5) is 71.0. The van der Waals surface area contributed by atoms with Crippen molar-refractivity contribution in [1.29, 1.82) is 0 Å². The third-order valence-corrected chi connectivity index (χ3v) is 14.1. The minimum absolute atomic E-state index is 0.0617. The third-order valence-electron chi connectivity index (χ3n) is 11.2. The number of hydrogen-bond donors (Lipinski definition) is 5. The molecule has 1 saturated heterocycles. The number of hydrogen-bond acceptors (Lipinski definition) is 11. The summed E-state index contributed by atoms with van der Waals surface area (Å²) >= 11 is 9.24. The molecule has 0 saturated carbocycles. The van der Waals surface area contributed by atoms with Gasteiger partial charge in [-0.05, 0) is 92.1 Å². The van der Waals surface area contributed by atoms with E-state index >= 15 is 0 Å². The highest BCUT2D eigenvalue weighted by atomic mass is 35.5. The van der Waals surface area contributed by atoms with E-state index in [9.17, 15) is 33.9 Å². The number of aliphatic carboxylic acids is 1. The number of nitrogens with zero attached hydrogens (tertiary/aromatic N) is 3. The van der Waals surface area contributed by atoms with E-state index in [2.05, 4.69) is 46.2 Å². The number of fused-ring (bicyclic) bond motifs is 1. The molecule has 1 aliphatic heterocycles. The van der Waals surface area contributed by atoms with Gasteiger partial charge in [-0.3, -0.25) is 23.0 Å². The minimum atomic E-state index is -1.23. The summed E-state index contributed by atoms with van der Waals surface area (Å²) in [6, 6.07) is 21.0. The van der Waals surface area contributed by atoms with Crippen molar-refractivity contribution in [2.75, 3.05) is 37.4 Å².